The van der Waals surface area contributed by atoms with Crippen LogP contribution in [0, 0.1) is 0 Å². The fourth-order valence-electron chi connectivity index (χ4n) is 1.50. The lowest BCUT2D eigenvalue weighted by Gasteiger charge is -2.40. The predicted molar refractivity (Wildman–Crippen MR) is 51.0 cm³/mol. The number of halogens is 3. The summed E-state index contributed by atoms with van der Waals surface area (Å²) in [6.45, 7) is -0.411. The first kappa shape index (κ1) is 14.0. The van der Waals surface area contributed by atoms with Gasteiger partial charge in [0.05, 0.1) is 0 Å². The van der Waals surface area contributed by atoms with Crippen molar-refractivity contribution in [2.75, 3.05) is 26.7 Å². The third kappa shape index (κ3) is 2.53. The van der Waals surface area contributed by atoms with E-state index in [4.69, 9.17) is 5.11 Å². The standard InChI is InChI=1S/C8H15F2NO2.ClH/c1-11-4-2-7(13,3-5-11)8(9,10)6-12;/h12-13H,2-6H2,1H3;1H. The van der Waals surface area contributed by atoms with Gasteiger partial charge in [-0.1, -0.05) is 0 Å². The lowest BCUT2D eigenvalue weighted by molar-refractivity contribution is -0.216. The Balaban J connectivity index is 0.00000169. The molecule has 1 aliphatic rings. The molecule has 1 rings (SSSR count). The quantitative estimate of drug-likeness (QED) is 0.727. The average Bonchev–Trinajstić information content (AvgIpc) is 2.10. The second kappa shape index (κ2) is 4.70. The van der Waals surface area contributed by atoms with E-state index in [0.717, 1.165) is 0 Å². The van der Waals surface area contributed by atoms with E-state index in [2.05, 4.69) is 0 Å². The highest BCUT2D eigenvalue weighted by molar-refractivity contribution is 5.85. The Morgan fingerprint density at radius 3 is 2.14 bits per heavy atom. The Morgan fingerprint density at radius 1 is 1.36 bits per heavy atom. The zero-order valence-electron chi connectivity index (χ0n) is 8.04. The summed E-state index contributed by atoms with van der Waals surface area (Å²) in [6, 6.07) is 0. The van der Waals surface area contributed by atoms with Crippen LogP contribution in [0.25, 0.3) is 0 Å². The number of hydrogen-bond donors (Lipinski definition) is 2. The van der Waals surface area contributed by atoms with E-state index in [1.165, 1.54) is 0 Å². The Morgan fingerprint density at radius 2 is 1.79 bits per heavy atom. The van der Waals surface area contributed by atoms with Gasteiger partial charge >= 0.3 is 0 Å². The van der Waals surface area contributed by atoms with Crippen LogP contribution in [0.5, 0.6) is 0 Å². The zero-order valence-corrected chi connectivity index (χ0v) is 8.86. The molecule has 0 bridgehead atoms. The van der Waals surface area contributed by atoms with Crippen LogP contribution in [0.2, 0.25) is 0 Å². The molecule has 0 unspecified atom stereocenters. The number of piperidine rings is 1. The SMILES string of the molecule is CN1CCC(O)(C(F)(F)CO)CC1.Cl. The summed E-state index contributed by atoms with van der Waals surface area (Å²) in [5.41, 5.74) is -2.02. The average molecular weight is 232 g/mol. The predicted octanol–water partition coefficient (Wildman–Crippen LogP) is 0.492. The van der Waals surface area contributed by atoms with Crippen LogP contribution < -0.4 is 0 Å². The number of likely N-dealkylation sites (tertiary alicyclic amines) is 1. The monoisotopic (exact) mass is 231 g/mol. The molecular formula is C8H16ClF2NO2. The molecule has 0 saturated carbocycles. The first-order chi connectivity index (χ1) is 5.91. The first-order valence-corrected chi connectivity index (χ1v) is 4.31. The van der Waals surface area contributed by atoms with E-state index in [0.29, 0.717) is 13.1 Å². The van der Waals surface area contributed by atoms with Gasteiger partial charge in [-0.3, -0.25) is 0 Å². The van der Waals surface area contributed by atoms with Crippen LogP contribution >= 0.6 is 12.4 Å². The van der Waals surface area contributed by atoms with Crippen molar-refractivity contribution in [1.29, 1.82) is 0 Å². The van der Waals surface area contributed by atoms with Crippen molar-refractivity contribution in [2.24, 2.45) is 0 Å². The van der Waals surface area contributed by atoms with Gasteiger partial charge in [0.1, 0.15) is 12.2 Å². The minimum Gasteiger partial charge on any atom is -0.390 e. The van der Waals surface area contributed by atoms with Gasteiger partial charge in [0.15, 0.2) is 0 Å². The molecule has 0 aromatic carbocycles. The Kier molecular flexibility index (Phi) is 4.71. The van der Waals surface area contributed by atoms with Crippen molar-refractivity contribution in [2.45, 2.75) is 24.4 Å². The zero-order chi connectivity index (χ0) is 10.1. The highest BCUT2D eigenvalue weighted by Crippen LogP contribution is 2.36. The summed E-state index contributed by atoms with van der Waals surface area (Å²) in [4.78, 5) is 1.88. The molecule has 1 aliphatic heterocycles. The van der Waals surface area contributed by atoms with Crippen molar-refractivity contribution >= 4 is 12.4 Å². The first-order valence-electron chi connectivity index (χ1n) is 4.31. The summed E-state index contributed by atoms with van der Waals surface area (Å²) < 4.78 is 26.1. The maximum Gasteiger partial charge on any atom is 0.298 e. The highest BCUT2D eigenvalue weighted by Gasteiger charge is 2.52. The van der Waals surface area contributed by atoms with Gasteiger partial charge < -0.3 is 15.1 Å². The molecule has 0 spiro atoms. The third-order valence-electron chi connectivity index (χ3n) is 2.69. The fraction of sp³-hybridized carbons (Fsp3) is 1.00. The van der Waals surface area contributed by atoms with E-state index < -0.39 is 18.1 Å². The van der Waals surface area contributed by atoms with Gasteiger partial charge in [0, 0.05) is 13.1 Å². The molecule has 1 heterocycles. The third-order valence-corrected chi connectivity index (χ3v) is 2.69. The number of aliphatic hydroxyl groups excluding tert-OH is 1. The maximum atomic E-state index is 13.0. The van der Waals surface area contributed by atoms with Gasteiger partial charge in [-0.2, -0.15) is 0 Å². The van der Waals surface area contributed by atoms with Crippen molar-refractivity contribution < 1.29 is 19.0 Å². The molecule has 0 aromatic heterocycles. The summed E-state index contributed by atoms with van der Waals surface area (Å²) in [7, 11) is 1.82. The summed E-state index contributed by atoms with van der Waals surface area (Å²) in [5, 5.41) is 18.0. The van der Waals surface area contributed by atoms with Crippen LogP contribution in [0.3, 0.4) is 0 Å². The smallest absolute Gasteiger partial charge is 0.298 e. The van der Waals surface area contributed by atoms with Crippen molar-refractivity contribution in [1.82, 2.24) is 4.90 Å². The highest BCUT2D eigenvalue weighted by atomic mass is 35.5. The van der Waals surface area contributed by atoms with Crippen LogP contribution in [-0.4, -0.2) is 53.4 Å². The molecule has 0 atom stereocenters. The van der Waals surface area contributed by atoms with E-state index in [1.54, 1.807) is 0 Å². The number of hydrogen-bond acceptors (Lipinski definition) is 3. The molecule has 0 amide bonds. The largest absolute Gasteiger partial charge is 0.390 e. The van der Waals surface area contributed by atoms with Gasteiger partial charge in [0.25, 0.3) is 5.92 Å². The number of alkyl halides is 2. The summed E-state index contributed by atoms with van der Waals surface area (Å²) in [5.74, 6) is -3.38. The summed E-state index contributed by atoms with van der Waals surface area (Å²) in [6.07, 6.45) is 0.0219. The van der Waals surface area contributed by atoms with Crippen molar-refractivity contribution in [3.63, 3.8) is 0 Å². The molecule has 6 heteroatoms. The minimum atomic E-state index is -3.38. The molecule has 0 aliphatic carbocycles. The Labute approximate surface area is 88.1 Å². The van der Waals surface area contributed by atoms with Crippen LogP contribution in [0.4, 0.5) is 8.78 Å². The van der Waals surface area contributed by atoms with E-state index in [-0.39, 0.29) is 25.2 Å². The van der Waals surface area contributed by atoms with Crippen LogP contribution in [0.1, 0.15) is 12.8 Å². The Hall–Kier alpha value is 0.0300. The molecule has 0 radical (unpaired) electrons. The fourth-order valence-corrected chi connectivity index (χ4v) is 1.50. The van der Waals surface area contributed by atoms with Gasteiger partial charge in [-0.15, -0.1) is 12.4 Å². The van der Waals surface area contributed by atoms with E-state index in [1.807, 2.05) is 11.9 Å². The maximum absolute atomic E-state index is 13.0. The number of nitrogens with zero attached hydrogens (tertiary/aromatic N) is 1. The number of aliphatic hydroxyl groups is 2. The molecule has 1 fully saturated rings. The molecule has 86 valence electrons. The minimum absolute atomic E-state index is 0. The van der Waals surface area contributed by atoms with Gasteiger partial charge in [0.2, 0.25) is 0 Å². The molecule has 0 aromatic rings. The lowest BCUT2D eigenvalue weighted by atomic mass is 9.85. The molecule has 2 N–H and O–H groups in total. The molecule has 3 nitrogen and oxygen atoms in total. The van der Waals surface area contributed by atoms with Crippen LogP contribution in [-0.2, 0) is 0 Å². The van der Waals surface area contributed by atoms with E-state index >= 15 is 0 Å². The van der Waals surface area contributed by atoms with E-state index in [9.17, 15) is 13.9 Å². The van der Waals surface area contributed by atoms with Crippen molar-refractivity contribution in [3.05, 3.63) is 0 Å². The lowest BCUT2D eigenvalue weighted by Crippen LogP contribution is -2.56. The Bertz CT molecular complexity index is 184. The summed E-state index contributed by atoms with van der Waals surface area (Å²) >= 11 is 0. The number of rotatable bonds is 2. The van der Waals surface area contributed by atoms with Gasteiger partial charge in [-0.05, 0) is 19.9 Å². The molecule has 14 heavy (non-hydrogen) atoms. The normalized spacial score (nSPS) is 22.9. The molecule has 1 saturated heterocycles. The topological polar surface area (TPSA) is 43.7 Å². The van der Waals surface area contributed by atoms with Gasteiger partial charge in [-0.25, -0.2) is 8.78 Å². The van der Waals surface area contributed by atoms with Crippen LogP contribution in [0.15, 0.2) is 0 Å². The van der Waals surface area contributed by atoms with Crippen molar-refractivity contribution in [3.8, 4) is 0 Å². The second-order valence-electron chi connectivity index (χ2n) is 3.70. The second-order valence-corrected chi connectivity index (χ2v) is 3.70. The molecular weight excluding hydrogens is 216 g/mol.